The molecule has 0 radical (unpaired) electrons. The highest BCUT2D eigenvalue weighted by molar-refractivity contribution is 5.99. The van der Waals surface area contributed by atoms with Gasteiger partial charge in [0, 0.05) is 12.1 Å². The Bertz CT molecular complexity index is 952. The lowest BCUT2D eigenvalue weighted by atomic mass is 10.1. The van der Waals surface area contributed by atoms with E-state index in [-0.39, 0.29) is 5.84 Å². The smallest absolute Gasteiger partial charge is 0.343 e. The molecule has 132 valence electrons. The van der Waals surface area contributed by atoms with Crippen molar-refractivity contribution in [3.63, 3.8) is 0 Å². The molecule has 0 unspecified atom stereocenters. The van der Waals surface area contributed by atoms with E-state index in [9.17, 15) is 4.79 Å². The number of ether oxygens (including phenoxy) is 2. The summed E-state index contributed by atoms with van der Waals surface area (Å²) in [6, 6.07) is 17.4. The first-order chi connectivity index (χ1) is 12.6. The van der Waals surface area contributed by atoms with Gasteiger partial charge in [-0.05, 0) is 53.2 Å². The lowest BCUT2D eigenvalue weighted by Gasteiger charge is -2.08. The van der Waals surface area contributed by atoms with Gasteiger partial charge in [-0.15, -0.1) is 0 Å². The molecule has 0 bridgehead atoms. The molecule has 0 aromatic heterocycles. The molecule has 3 rings (SSSR count). The maximum absolute atomic E-state index is 12.3. The van der Waals surface area contributed by atoms with Gasteiger partial charge >= 0.3 is 5.97 Å². The van der Waals surface area contributed by atoms with Crippen molar-refractivity contribution in [1.82, 2.24) is 0 Å². The highest BCUT2D eigenvalue weighted by Crippen LogP contribution is 2.23. The number of benzene rings is 3. The number of fused-ring (bicyclic) bond motifs is 1. The molecule has 0 atom stereocenters. The molecule has 0 saturated heterocycles. The van der Waals surface area contributed by atoms with Gasteiger partial charge in [0.25, 0.3) is 0 Å². The summed E-state index contributed by atoms with van der Waals surface area (Å²) < 4.78 is 10.8. The molecule has 0 aliphatic heterocycles. The summed E-state index contributed by atoms with van der Waals surface area (Å²) in [5, 5.41) is 9.30. The van der Waals surface area contributed by atoms with Crippen LogP contribution >= 0.6 is 0 Å². The van der Waals surface area contributed by atoms with E-state index in [1.54, 1.807) is 42.5 Å². The van der Waals surface area contributed by atoms with Crippen LogP contribution in [0.1, 0.15) is 15.9 Å². The van der Waals surface area contributed by atoms with E-state index in [0.717, 1.165) is 10.8 Å². The number of nitrogens with two attached hydrogens (primary N) is 2. The first-order valence-electron chi connectivity index (χ1n) is 8.10. The van der Waals surface area contributed by atoms with Crippen molar-refractivity contribution in [1.29, 1.82) is 5.41 Å². The third-order valence-electron chi connectivity index (χ3n) is 3.81. The Morgan fingerprint density at radius 3 is 2.19 bits per heavy atom. The summed E-state index contributed by atoms with van der Waals surface area (Å²) in [4.78, 5) is 12.3. The monoisotopic (exact) mass is 349 g/mol. The largest absolute Gasteiger partial charge is 0.492 e. The maximum atomic E-state index is 12.3. The number of amidine groups is 1. The van der Waals surface area contributed by atoms with E-state index in [4.69, 9.17) is 26.4 Å². The molecule has 3 aromatic carbocycles. The summed E-state index contributed by atoms with van der Waals surface area (Å²) in [5.41, 5.74) is 12.0. The summed E-state index contributed by atoms with van der Waals surface area (Å²) >= 11 is 0. The molecule has 0 heterocycles. The summed E-state index contributed by atoms with van der Waals surface area (Å²) in [7, 11) is 0. The second-order valence-electron chi connectivity index (χ2n) is 5.69. The molecule has 0 aliphatic rings. The minimum atomic E-state index is -0.449. The predicted molar refractivity (Wildman–Crippen MR) is 101 cm³/mol. The van der Waals surface area contributed by atoms with Gasteiger partial charge in [0.2, 0.25) is 0 Å². The minimum Gasteiger partial charge on any atom is -0.492 e. The van der Waals surface area contributed by atoms with Crippen LogP contribution in [0.25, 0.3) is 10.8 Å². The molecule has 6 nitrogen and oxygen atoms in total. The second kappa shape index (κ2) is 7.67. The molecule has 0 amide bonds. The highest BCUT2D eigenvalue weighted by atomic mass is 16.5. The number of carbonyl (C=O) groups excluding carboxylic acids is 1. The quantitative estimate of drug-likeness (QED) is 0.274. The van der Waals surface area contributed by atoms with E-state index < -0.39 is 5.97 Å². The number of nitrogens with one attached hydrogen (secondary N) is 1. The lowest BCUT2D eigenvalue weighted by Crippen LogP contribution is -2.11. The van der Waals surface area contributed by atoms with E-state index in [1.165, 1.54) is 0 Å². The van der Waals surface area contributed by atoms with E-state index in [2.05, 4.69) is 0 Å². The fourth-order valence-corrected chi connectivity index (χ4v) is 2.48. The molecular weight excluding hydrogens is 330 g/mol. The zero-order valence-electron chi connectivity index (χ0n) is 14.1. The van der Waals surface area contributed by atoms with Gasteiger partial charge in [0.05, 0.1) is 5.56 Å². The van der Waals surface area contributed by atoms with Gasteiger partial charge in [-0.25, -0.2) is 4.79 Å². The van der Waals surface area contributed by atoms with Gasteiger partial charge in [0.1, 0.15) is 23.9 Å². The Morgan fingerprint density at radius 2 is 1.50 bits per heavy atom. The van der Waals surface area contributed by atoms with Crippen molar-refractivity contribution in [3.8, 4) is 11.5 Å². The van der Waals surface area contributed by atoms with Crippen molar-refractivity contribution in [2.24, 2.45) is 11.5 Å². The number of nitrogen functional groups attached to an aromatic ring is 1. The second-order valence-corrected chi connectivity index (χ2v) is 5.69. The molecule has 5 N–H and O–H groups in total. The number of esters is 1. The lowest BCUT2D eigenvalue weighted by molar-refractivity contribution is 0.0735. The van der Waals surface area contributed by atoms with Crippen molar-refractivity contribution < 1.29 is 14.3 Å². The van der Waals surface area contributed by atoms with Crippen molar-refractivity contribution in [2.45, 2.75) is 0 Å². The fraction of sp³-hybridized carbons (Fsp3) is 0.100. The van der Waals surface area contributed by atoms with Crippen LogP contribution in [0.2, 0.25) is 0 Å². The first-order valence-corrected chi connectivity index (χ1v) is 8.10. The Morgan fingerprint density at radius 1 is 0.885 bits per heavy atom. The summed E-state index contributed by atoms with van der Waals surface area (Å²) in [6.45, 7) is 0.853. The average Bonchev–Trinajstić information content (AvgIpc) is 2.66. The molecule has 6 heteroatoms. The third-order valence-corrected chi connectivity index (χ3v) is 3.81. The predicted octanol–water partition coefficient (Wildman–Crippen LogP) is 2.68. The molecule has 0 fully saturated rings. The van der Waals surface area contributed by atoms with Crippen LogP contribution in [0, 0.1) is 5.41 Å². The fourth-order valence-electron chi connectivity index (χ4n) is 2.48. The van der Waals surface area contributed by atoms with Crippen LogP contribution in [0.15, 0.2) is 60.7 Å². The van der Waals surface area contributed by atoms with Crippen LogP contribution in [-0.2, 0) is 0 Å². The van der Waals surface area contributed by atoms with Crippen LogP contribution in [0.5, 0.6) is 11.5 Å². The Hall–Kier alpha value is -3.38. The van der Waals surface area contributed by atoms with Crippen LogP contribution < -0.4 is 20.9 Å². The summed E-state index contributed by atoms with van der Waals surface area (Å²) in [5.74, 6) is 0.664. The molecule has 26 heavy (non-hydrogen) atoms. The van der Waals surface area contributed by atoms with Crippen LogP contribution in [0.4, 0.5) is 0 Å². The SMILES string of the molecule is N=C(N)c1ccc2cc(OC(=O)c3ccc(OCCN)cc3)ccc2c1. The van der Waals surface area contributed by atoms with Crippen molar-refractivity contribution >= 4 is 22.6 Å². The standard InChI is InChI=1S/C20H19N3O3/c21-9-10-25-17-6-3-13(4-7-17)20(24)26-18-8-5-14-11-16(19(22)23)2-1-15(14)12-18/h1-8,11-12H,9-10,21H2,(H3,22,23). The van der Waals surface area contributed by atoms with Gasteiger partial charge in [-0.3, -0.25) is 5.41 Å². The molecule has 3 aromatic rings. The highest BCUT2D eigenvalue weighted by Gasteiger charge is 2.10. The normalized spacial score (nSPS) is 10.5. The zero-order chi connectivity index (χ0) is 18.5. The van der Waals surface area contributed by atoms with Crippen molar-refractivity contribution in [3.05, 3.63) is 71.8 Å². The number of carbonyl (C=O) groups is 1. The Kier molecular flexibility index (Phi) is 5.15. The Balaban J connectivity index is 1.74. The van der Waals surface area contributed by atoms with Crippen molar-refractivity contribution in [2.75, 3.05) is 13.2 Å². The average molecular weight is 349 g/mol. The molecule has 0 spiro atoms. The van der Waals surface area contributed by atoms with E-state index >= 15 is 0 Å². The number of rotatable bonds is 6. The topological polar surface area (TPSA) is 111 Å². The van der Waals surface area contributed by atoms with Crippen LogP contribution in [0.3, 0.4) is 0 Å². The maximum Gasteiger partial charge on any atom is 0.343 e. The minimum absolute atomic E-state index is 0.0151. The van der Waals surface area contributed by atoms with Gasteiger partial charge in [0.15, 0.2) is 0 Å². The molecule has 0 saturated carbocycles. The summed E-state index contributed by atoms with van der Waals surface area (Å²) in [6.07, 6.45) is 0. The Labute approximate surface area is 150 Å². The molecular formula is C20H19N3O3. The van der Waals surface area contributed by atoms with E-state index in [1.807, 2.05) is 18.2 Å². The van der Waals surface area contributed by atoms with Gasteiger partial charge < -0.3 is 20.9 Å². The van der Waals surface area contributed by atoms with Crippen LogP contribution in [-0.4, -0.2) is 25.0 Å². The third kappa shape index (κ3) is 3.99. The van der Waals surface area contributed by atoms with Gasteiger partial charge in [-0.2, -0.15) is 0 Å². The number of hydrogen-bond acceptors (Lipinski definition) is 5. The van der Waals surface area contributed by atoms with E-state index in [0.29, 0.717) is 35.8 Å². The zero-order valence-corrected chi connectivity index (χ0v) is 14.1. The van der Waals surface area contributed by atoms with Gasteiger partial charge in [-0.1, -0.05) is 18.2 Å². The first kappa shape index (κ1) is 17.4. The number of hydrogen-bond donors (Lipinski definition) is 3. The molecule has 0 aliphatic carbocycles.